The molecule has 0 aliphatic heterocycles. The fourth-order valence-corrected chi connectivity index (χ4v) is 2.83. The van der Waals surface area contributed by atoms with Crippen LogP contribution in [0, 0.1) is 23.7 Å². The Balaban J connectivity index is 1.74. The van der Waals surface area contributed by atoms with Gasteiger partial charge in [-0.15, -0.1) is 0 Å². The van der Waals surface area contributed by atoms with Crippen LogP contribution in [0.4, 0.5) is 0 Å². The van der Waals surface area contributed by atoms with E-state index in [1.165, 1.54) is 26.4 Å². The van der Waals surface area contributed by atoms with Gasteiger partial charge in [-0.3, -0.25) is 4.79 Å². The molecule has 0 bridgehead atoms. The van der Waals surface area contributed by atoms with Gasteiger partial charge in [0.05, 0.1) is 13.0 Å². The van der Waals surface area contributed by atoms with Crippen LogP contribution in [0.25, 0.3) is 0 Å². The standard InChI is InChI=1S/C11H18O2/c1-7(11(12)13-2)3-8-4-9-6-10(9)5-8/h7-10H,3-6H2,1-2H3/t7-,8-,9-,10+/m0/s1. The van der Waals surface area contributed by atoms with Crippen molar-refractivity contribution in [2.24, 2.45) is 23.7 Å². The lowest BCUT2D eigenvalue weighted by molar-refractivity contribution is -0.145. The molecule has 74 valence electrons. The molecular weight excluding hydrogens is 164 g/mol. The molecule has 2 aliphatic carbocycles. The van der Waals surface area contributed by atoms with Gasteiger partial charge in [-0.05, 0) is 43.4 Å². The van der Waals surface area contributed by atoms with Gasteiger partial charge in [-0.25, -0.2) is 0 Å². The Kier molecular flexibility index (Phi) is 2.31. The van der Waals surface area contributed by atoms with E-state index in [-0.39, 0.29) is 11.9 Å². The molecule has 2 fully saturated rings. The summed E-state index contributed by atoms with van der Waals surface area (Å²) in [6, 6.07) is 0. The van der Waals surface area contributed by atoms with Crippen LogP contribution in [0.2, 0.25) is 0 Å². The van der Waals surface area contributed by atoms with E-state index >= 15 is 0 Å². The number of esters is 1. The SMILES string of the molecule is COC(=O)[C@@H](C)C[C@@H]1C[C@@H]2C[C@@H]2C1. The number of hydrogen-bond acceptors (Lipinski definition) is 2. The number of carbonyl (C=O) groups is 1. The Morgan fingerprint density at radius 1 is 1.38 bits per heavy atom. The molecule has 0 saturated heterocycles. The van der Waals surface area contributed by atoms with Gasteiger partial charge in [0.1, 0.15) is 0 Å². The predicted molar refractivity (Wildman–Crippen MR) is 50.1 cm³/mol. The van der Waals surface area contributed by atoms with E-state index in [1.54, 1.807) is 0 Å². The monoisotopic (exact) mass is 182 g/mol. The average Bonchev–Trinajstić information content (AvgIpc) is 2.73. The van der Waals surface area contributed by atoms with Crippen LogP contribution in [0.3, 0.4) is 0 Å². The summed E-state index contributed by atoms with van der Waals surface area (Å²) in [5.74, 6) is 2.91. The minimum absolute atomic E-state index is 0.0411. The fraction of sp³-hybridized carbons (Fsp3) is 0.909. The van der Waals surface area contributed by atoms with Gasteiger partial charge in [-0.1, -0.05) is 6.92 Å². The quantitative estimate of drug-likeness (QED) is 0.626. The topological polar surface area (TPSA) is 26.3 Å². The van der Waals surface area contributed by atoms with Crippen molar-refractivity contribution in [3.8, 4) is 0 Å². The largest absolute Gasteiger partial charge is 0.469 e. The zero-order valence-corrected chi connectivity index (χ0v) is 8.45. The summed E-state index contributed by atoms with van der Waals surface area (Å²) in [5.41, 5.74) is 0. The Morgan fingerprint density at radius 2 is 2.00 bits per heavy atom. The van der Waals surface area contributed by atoms with E-state index in [1.807, 2.05) is 6.92 Å². The molecule has 0 N–H and O–H groups in total. The Morgan fingerprint density at radius 3 is 2.54 bits per heavy atom. The maximum Gasteiger partial charge on any atom is 0.308 e. The average molecular weight is 182 g/mol. The third-order valence-electron chi connectivity index (χ3n) is 3.63. The van der Waals surface area contributed by atoms with Gasteiger partial charge in [-0.2, -0.15) is 0 Å². The summed E-state index contributed by atoms with van der Waals surface area (Å²) in [4.78, 5) is 11.2. The van der Waals surface area contributed by atoms with Crippen LogP contribution in [0.1, 0.15) is 32.6 Å². The maximum absolute atomic E-state index is 11.2. The number of hydrogen-bond donors (Lipinski definition) is 0. The molecule has 0 spiro atoms. The molecule has 4 atom stereocenters. The zero-order valence-electron chi connectivity index (χ0n) is 8.45. The van der Waals surface area contributed by atoms with Crippen molar-refractivity contribution in [3.63, 3.8) is 0 Å². The molecule has 0 aromatic carbocycles. The summed E-state index contributed by atoms with van der Waals surface area (Å²) < 4.78 is 4.72. The van der Waals surface area contributed by atoms with Gasteiger partial charge >= 0.3 is 5.97 Å². The van der Waals surface area contributed by atoms with Crippen LogP contribution in [-0.4, -0.2) is 13.1 Å². The first-order valence-electron chi connectivity index (χ1n) is 5.28. The lowest BCUT2D eigenvalue weighted by Gasteiger charge is -2.15. The molecule has 2 rings (SSSR count). The van der Waals surface area contributed by atoms with E-state index in [0.717, 1.165) is 24.2 Å². The third kappa shape index (κ3) is 1.87. The van der Waals surface area contributed by atoms with Crippen molar-refractivity contribution in [1.82, 2.24) is 0 Å². The van der Waals surface area contributed by atoms with Crippen molar-refractivity contribution < 1.29 is 9.53 Å². The Bertz CT molecular complexity index is 202. The van der Waals surface area contributed by atoms with Gasteiger partial charge in [0.25, 0.3) is 0 Å². The van der Waals surface area contributed by atoms with E-state index in [0.29, 0.717) is 0 Å². The molecule has 2 heteroatoms. The Labute approximate surface area is 79.7 Å². The Hall–Kier alpha value is -0.530. The van der Waals surface area contributed by atoms with Gasteiger partial charge in [0, 0.05) is 0 Å². The van der Waals surface area contributed by atoms with Gasteiger partial charge < -0.3 is 4.74 Å². The van der Waals surface area contributed by atoms with E-state index < -0.39 is 0 Å². The first-order valence-corrected chi connectivity index (χ1v) is 5.28. The van der Waals surface area contributed by atoms with Crippen LogP contribution < -0.4 is 0 Å². The minimum Gasteiger partial charge on any atom is -0.469 e. The van der Waals surface area contributed by atoms with Crippen LogP contribution >= 0.6 is 0 Å². The van der Waals surface area contributed by atoms with Crippen molar-refractivity contribution in [1.29, 1.82) is 0 Å². The summed E-state index contributed by atoms with van der Waals surface area (Å²) in [5, 5.41) is 0. The second-order valence-electron chi connectivity index (χ2n) is 4.75. The summed E-state index contributed by atoms with van der Waals surface area (Å²) in [7, 11) is 1.48. The summed E-state index contributed by atoms with van der Waals surface area (Å²) in [6.07, 6.45) is 5.24. The number of methoxy groups -OCH3 is 1. The lowest BCUT2D eigenvalue weighted by atomic mass is 9.92. The smallest absolute Gasteiger partial charge is 0.308 e. The van der Waals surface area contributed by atoms with Gasteiger partial charge in [0.15, 0.2) is 0 Å². The predicted octanol–water partition coefficient (Wildman–Crippen LogP) is 2.23. The highest BCUT2D eigenvalue weighted by Crippen LogP contribution is 2.55. The summed E-state index contributed by atoms with van der Waals surface area (Å²) in [6.45, 7) is 1.98. The maximum atomic E-state index is 11.2. The highest BCUT2D eigenvalue weighted by molar-refractivity contribution is 5.71. The van der Waals surface area contributed by atoms with Crippen LogP contribution in [0.5, 0.6) is 0 Å². The zero-order chi connectivity index (χ0) is 9.42. The van der Waals surface area contributed by atoms with Crippen molar-refractivity contribution in [2.45, 2.75) is 32.6 Å². The molecular formula is C11H18O2. The van der Waals surface area contributed by atoms with Gasteiger partial charge in [0.2, 0.25) is 0 Å². The van der Waals surface area contributed by atoms with Crippen LogP contribution in [0.15, 0.2) is 0 Å². The second-order valence-corrected chi connectivity index (χ2v) is 4.75. The van der Waals surface area contributed by atoms with Crippen molar-refractivity contribution in [3.05, 3.63) is 0 Å². The molecule has 0 aromatic rings. The van der Waals surface area contributed by atoms with E-state index in [2.05, 4.69) is 0 Å². The highest BCUT2D eigenvalue weighted by atomic mass is 16.5. The normalized spacial score (nSPS) is 38.2. The fourth-order valence-electron chi connectivity index (χ4n) is 2.83. The molecule has 0 aromatic heterocycles. The first kappa shape index (κ1) is 9.04. The molecule has 0 amide bonds. The minimum atomic E-state index is -0.0411. The van der Waals surface area contributed by atoms with E-state index in [9.17, 15) is 4.79 Å². The van der Waals surface area contributed by atoms with Crippen molar-refractivity contribution in [2.75, 3.05) is 7.11 Å². The second kappa shape index (κ2) is 3.32. The molecule has 2 aliphatic rings. The molecule has 13 heavy (non-hydrogen) atoms. The summed E-state index contributed by atoms with van der Waals surface area (Å²) >= 11 is 0. The molecule has 2 saturated carbocycles. The molecule has 0 radical (unpaired) electrons. The highest BCUT2D eigenvalue weighted by Gasteiger charge is 2.46. The van der Waals surface area contributed by atoms with E-state index in [4.69, 9.17) is 4.74 Å². The molecule has 0 heterocycles. The number of rotatable bonds is 3. The lowest BCUT2D eigenvalue weighted by Crippen LogP contribution is -2.16. The first-order chi connectivity index (χ1) is 6.20. The van der Waals surface area contributed by atoms with Crippen molar-refractivity contribution >= 4 is 5.97 Å². The number of fused-ring (bicyclic) bond motifs is 1. The molecule has 0 unspecified atom stereocenters. The van der Waals surface area contributed by atoms with Crippen LogP contribution in [-0.2, 0) is 9.53 Å². The number of carbonyl (C=O) groups excluding carboxylic acids is 1. The number of ether oxygens (including phenoxy) is 1. The molecule has 2 nitrogen and oxygen atoms in total. The third-order valence-corrected chi connectivity index (χ3v) is 3.63.